The zero-order chi connectivity index (χ0) is 11.5. The highest BCUT2D eigenvalue weighted by Crippen LogP contribution is 2.36. The Labute approximate surface area is 98.1 Å². The molecule has 1 aliphatic heterocycles. The summed E-state index contributed by atoms with van der Waals surface area (Å²) in [7, 11) is 0. The van der Waals surface area contributed by atoms with Gasteiger partial charge in [-0.15, -0.1) is 0 Å². The van der Waals surface area contributed by atoms with Crippen molar-refractivity contribution < 1.29 is 5.11 Å². The summed E-state index contributed by atoms with van der Waals surface area (Å²) in [4.78, 5) is 2.35. The Morgan fingerprint density at radius 1 is 1.38 bits per heavy atom. The fourth-order valence-electron chi connectivity index (χ4n) is 3.48. The molecule has 2 fully saturated rings. The number of aliphatic hydroxyl groups is 1. The van der Waals surface area contributed by atoms with Crippen LogP contribution in [0.25, 0.3) is 0 Å². The maximum Gasteiger partial charge on any atom is 0.0977 e. The summed E-state index contributed by atoms with van der Waals surface area (Å²) in [5.74, 6) is 0.421. The van der Waals surface area contributed by atoms with Gasteiger partial charge < -0.3 is 5.11 Å². The summed E-state index contributed by atoms with van der Waals surface area (Å²) in [6.07, 6.45) is 6.38. The molecule has 0 bridgehead atoms. The number of hydrogen-bond donors (Lipinski definition) is 1. The molecule has 1 N–H and O–H groups in total. The van der Waals surface area contributed by atoms with Crippen LogP contribution in [0.4, 0.5) is 0 Å². The van der Waals surface area contributed by atoms with Gasteiger partial charge in [-0.3, -0.25) is 4.90 Å². The lowest BCUT2D eigenvalue weighted by molar-refractivity contribution is 0.0651. The number of nitriles is 1. The normalized spacial score (nSPS) is 37.4. The molecule has 2 rings (SSSR count). The molecule has 0 amide bonds. The average molecular weight is 222 g/mol. The molecular weight excluding hydrogens is 200 g/mol. The smallest absolute Gasteiger partial charge is 0.0977 e. The van der Waals surface area contributed by atoms with Crippen molar-refractivity contribution in [2.75, 3.05) is 6.54 Å². The van der Waals surface area contributed by atoms with E-state index < -0.39 is 0 Å². The lowest BCUT2D eigenvalue weighted by Crippen LogP contribution is -2.44. The van der Waals surface area contributed by atoms with Crippen LogP contribution in [0, 0.1) is 17.2 Å². The van der Waals surface area contributed by atoms with E-state index in [4.69, 9.17) is 5.26 Å². The van der Waals surface area contributed by atoms with E-state index in [9.17, 15) is 5.11 Å². The van der Waals surface area contributed by atoms with E-state index in [-0.39, 0.29) is 12.1 Å². The molecular formula is C13H22N2O. The average Bonchev–Trinajstić information content (AvgIpc) is 2.88. The van der Waals surface area contributed by atoms with E-state index in [0.717, 1.165) is 32.2 Å². The molecule has 4 unspecified atom stereocenters. The molecule has 1 saturated heterocycles. The second-order valence-electron chi connectivity index (χ2n) is 5.16. The number of aliphatic hydroxyl groups excluding tert-OH is 1. The van der Waals surface area contributed by atoms with Gasteiger partial charge in [0, 0.05) is 12.0 Å². The van der Waals surface area contributed by atoms with Crippen LogP contribution in [0.15, 0.2) is 0 Å². The largest absolute Gasteiger partial charge is 0.393 e. The van der Waals surface area contributed by atoms with Crippen LogP contribution >= 0.6 is 0 Å². The first-order valence-electron chi connectivity index (χ1n) is 6.61. The van der Waals surface area contributed by atoms with E-state index in [1.807, 2.05) is 0 Å². The van der Waals surface area contributed by atoms with Gasteiger partial charge in [0.05, 0.1) is 18.2 Å². The van der Waals surface area contributed by atoms with Crippen molar-refractivity contribution in [3.8, 4) is 6.07 Å². The minimum atomic E-state index is -0.123. The predicted molar refractivity (Wildman–Crippen MR) is 62.8 cm³/mol. The quantitative estimate of drug-likeness (QED) is 0.793. The number of likely N-dealkylation sites (tertiary alicyclic amines) is 1. The number of rotatable bonds is 3. The molecule has 2 aliphatic rings. The lowest BCUT2D eigenvalue weighted by Gasteiger charge is -2.33. The maximum absolute atomic E-state index is 9.98. The van der Waals surface area contributed by atoms with E-state index in [1.165, 1.54) is 12.8 Å². The van der Waals surface area contributed by atoms with Crippen molar-refractivity contribution in [1.82, 2.24) is 4.90 Å². The van der Waals surface area contributed by atoms with Gasteiger partial charge in [0.2, 0.25) is 0 Å². The van der Waals surface area contributed by atoms with Crippen LogP contribution in [0.5, 0.6) is 0 Å². The number of nitrogens with zero attached hydrogens (tertiary/aromatic N) is 2. The predicted octanol–water partition coefficient (Wildman–Crippen LogP) is 1.91. The Bertz CT molecular complexity index is 274. The summed E-state index contributed by atoms with van der Waals surface area (Å²) >= 11 is 0. The van der Waals surface area contributed by atoms with Crippen molar-refractivity contribution in [3.63, 3.8) is 0 Å². The Morgan fingerprint density at radius 2 is 2.19 bits per heavy atom. The summed E-state index contributed by atoms with van der Waals surface area (Å²) in [5.41, 5.74) is 0. The molecule has 1 saturated carbocycles. The Balaban J connectivity index is 2.05. The fraction of sp³-hybridized carbons (Fsp3) is 0.923. The molecule has 0 aromatic carbocycles. The third-order valence-electron chi connectivity index (χ3n) is 4.30. The van der Waals surface area contributed by atoms with Crippen LogP contribution in [0.2, 0.25) is 0 Å². The Kier molecular flexibility index (Phi) is 3.83. The molecule has 3 nitrogen and oxygen atoms in total. The first kappa shape index (κ1) is 11.9. The molecule has 1 aliphatic carbocycles. The van der Waals surface area contributed by atoms with Crippen molar-refractivity contribution >= 4 is 0 Å². The van der Waals surface area contributed by atoms with Crippen molar-refractivity contribution in [2.24, 2.45) is 5.92 Å². The zero-order valence-electron chi connectivity index (χ0n) is 10.1. The van der Waals surface area contributed by atoms with Crippen LogP contribution in [-0.2, 0) is 0 Å². The fourth-order valence-corrected chi connectivity index (χ4v) is 3.48. The molecule has 90 valence electrons. The Hall–Kier alpha value is -0.590. The van der Waals surface area contributed by atoms with Crippen molar-refractivity contribution in [2.45, 2.75) is 63.6 Å². The van der Waals surface area contributed by atoms with Gasteiger partial charge in [-0.1, -0.05) is 13.3 Å². The van der Waals surface area contributed by atoms with Gasteiger partial charge in [0.15, 0.2) is 0 Å². The molecule has 0 aromatic heterocycles. The molecule has 3 heteroatoms. The summed E-state index contributed by atoms with van der Waals surface area (Å²) in [6, 6.07) is 2.92. The molecule has 1 heterocycles. The monoisotopic (exact) mass is 222 g/mol. The lowest BCUT2D eigenvalue weighted by atomic mass is 9.93. The highest BCUT2D eigenvalue weighted by atomic mass is 16.3. The molecule has 0 aromatic rings. The summed E-state index contributed by atoms with van der Waals surface area (Å²) < 4.78 is 0. The summed E-state index contributed by atoms with van der Waals surface area (Å²) in [5, 5.41) is 19.1. The topological polar surface area (TPSA) is 47.3 Å². The van der Waals surface area contributed by atoms with Crippen LogP contribution in [-0.4, -0.2) is 34.7 Å². The van der Waals surface area contributed by atoms with E-state index >= 15 is 0 Å². The van der Waals surface area contributed by atoms with Crippen LogP contribution < -0.4 is 0 Å². The highest BCUT2D eigenvalue weighted by Gasteiger charge is 2.40. The van der Waals surface area contributed by atoms with Crippen molar-refractivity contribution in [1.29, 1.82) is 5.26 Å². The molecule has 4 atom stereocenters. The number of hydrogen-bond acceptors (Lipinski definition) is 3. The molecule has 0 radical (unpaired) electrons. The zero-order valence-corrected chi connectivity index (χ0v) is 10.1. The summed E-state index contributed by atoms with van der Waals surface area (Å²) in [6.45, 7) is 3.12. The van der Waals surface area contributed by atoms with E-state index in [1.54, 1.807) is 0 Å². The molecule has 0 spiro atoms. The second kappa shape index (κ2) is 5.16. The minimum Gasteiger partial charge on any atom is -0.393 e. The van der Waals surface area contributed by atoms with Gasteiger partial charge in [-0.2, -0.15) is 5.26 Å². The Morgan fingerprint density at radius 3 is 2.75 bits per heavy atom. The first-order valence-corrected chi connectivity index (χ1v) is 6.61. The van der Waals surface area contributed by atoms with E-state index in [0.29, 0.717) is 12.0 Å². The van der Waals surface area contributed by atoms with Crippen LogP contribution in [0.1, 0.15) is 45.4 Å². The van der Waals surface area contributed by atoms with Gasteiger partial charge in [-0.05, 0) is 38.6 Å². The van der Waals surface area contributed by atoms with Crippen molar-refractivity contribution in [3.05, 3.63) is 0 Å². The van der Waals surface area contributed by atoms with Gasteiger partial charge >= 0.3 is 0 Å². The maximum atomic E-state index is 9.98. The first-order chi connectivity index (χ1) is 7.77. The second-order valence-corrected chi connectivity index (χ2v) is 5.16. The van der Waals surface area contributed by atoms with Gasteiger partial charge in [0.25, 0.3) is 0 Å². The van der Waals surface area contributed by atoms with Gasteiger partial charge in [0.1, 0.15) is 0 Å². The standard InChI is InChI=1S/C13H22N2O/c1-2-10(9-14)15-8-4-6-12(15)11-5-3-7-13(11)16/h10-13,16H,2-8H2,1H3. The van der Waals surface area contributed by atoms with E-state index in [2.05, 4.69) is 17.9 Å². The van der Waals surface area contributed by atoms with Crippen LogP contribution in [0.3, 0.4) is 0 Å². The third kappa shape index (κ3) is 2.09. The minimum absolute atomic E-state index is 0.0558. The SMILES string of the molecule is CCC(C#N)N1CCCC1C1CCCC1O. The van der Waals surface area contributed by atoms with Gasteiger partial charge in [-0.25, -0.2) is 0 Å². The third-order valence-corrected chi connectivity index (χ3v) is 4.30. The highest BCUT2D eigenvalue weighted by molar-refractivity contribution is 5.00. The molecule has 16 heavy (non-hydrogen) atoms.